The van der Waals surface area contributed by atoms with Crippen LogP contribution in [-0.2, 0) is 0 Å². The highest BCUT2D eigenvalue weighted by molar-refractivity contribution is 6.37. The number of halogens is 2. The molecular formula is C21H16Cl2N10O. The molecule has 0 saturated heterocycles. The molecule has 170 valence electrons. The summed E-state index contributed by atoms with van der Waals surface area (Å²) in [5.74, 6) is 1.55. The Hall–Kier alpha value is -4.09. The quantitative estimate of drug-likeness (QED) is 0.377. The van der Waals surface area contributed by atoms with E-state index < -0.39 is 5.91 Å². The van der Waals surface area contributed by atoms with Crippen LogP contribution in [0.4, 0.5) is 11.4 Å². The lowest BCUT2D eigenvalue weighted by molar-refractivity contribution is 0.0996. The highest BCUT2D eigenvalue weighted by atomic mass is 35.5. The molecule has 0 bridgehead atoms. The first-order chi connectivity index (χ1) is 16.3. The number of carbonyl (C=O) groups excluding carboxylic acids is 1. The van der Waals surface area contributed by atoms with E-state index in [4.69, 9.17) is 28.9 Å². The van der Waals surface area contributed by atoms with E-state index in [-0.39, 0.29) is 5.69 Å². The molecule has 4 aromatic heterocycles. The lowest BCUT2D eigenvalue weighted by Gasteiger charge is -2.07. The lowest BCUT2D eigenvalue weighted by atomic mass is 10.3. The van der Waals surface area contributed by atoms with Gasteiger partial charge >= 0.3 is 0 Å². The smallest absolute Gasteiger partial charge is 0.271 e. The van der Waals surface area contributed by atoms with Crippen LogP contribution in [0.1, 0.15) is 22.1 Å². The third-order valence-corrected chi connectivity index (χ3v) is 5.55. The van der Waals surface area contributed by atoms with Crippen molar-refractivity contribution in [3.63, 3.8) is 0 Å². The summed E-state index contributed by atoms with van der Waals surface area (Å²) in [7, 11) is 0. The Kier molecular flexibility index (Phi) is 5.34. The summed E-state index contributed by atoms with van der Waals surface area (Å²) < 4.78 is 3.13. The Morgan fingerprint density at radius 1 is 1.06 bits per heavy atom. The molecule has 0 aliphatic rings. The van der Waals surface area contributed by atoms with Crippen molar-refractivity contribution in [1.82, 2.24) is 39.3 Å². The van der Waals surface area contributed by atoms with E-state index >= 15 is 0 Å². The van der Waals surface area contributed by atoms with Crippen LogP contribution in [-0.4, -0.2) is 45.2 Å². The Balaban J connectivity index is 1.48. The van der Waals surface area contributed by atoms with Crippen molar-refractivity contribution >= 4 is 46.3 Å². The van der Waals surface area contributed by atoms with Crippen LogP contribution in [0.3, 0.4) is 0 Å². The molecule has 4 heterocycles. The SMILES string of the molecule is Cc1nc(C)n2c(-c3ccc(Nc4cn(-c5c(Cl)cccc5Cl)nc4C(N)=O)cn3)nnc2n1. The van der Waals surface area contributed by atoms with E-state index in [9.17, 15) is 4.79 Å². The molecule has 0 saturated carbocycles. The van der Waals surface area contributed by atoms with Crippen LogP contribution in [0.15, 0.2) is 42.7 Å². The van der Waals surface area contributed by atoms with E-state index in [1.54, 1.807) is 54.0 Å². The molecule has 0 aliphatic heterocycles. The maximum atomic E-state index is 12.0. The minimum atomic E-state index is -0.713. The molecule has 0 radical (unpaired) electrons. The van der Waals surface area contributed by atoms with Crippen molar-refractivity contribution in [2.24, 2.45) is 5.73 Å². The van der Waals surface area contributed by atoms with Crippen LogP contribution in [0, 0.1) is 13.8 Å². The van der Waals surface area contributed by atoms with E-state index in [1.165, 1.54) is 4.68 Å². The van der Waals surface area contributed by atoms with Crippen LogP contribution in [0.2, 0.25) is 10.0 Å². The lowest BCUT2D eigenvalue weighted by Crippen LogP contribution is -2.14. The molecule has 1 amide bonds. The van der Waals surface area contributed by atoms with Gasteiger partial charge in [0.2, 0.25) is 0 Å². The standard InChI is InChI=1S/C21H16Cl2N10O/c1-10-26-11(2)33-20(29-30-21(33)27-10)15-7-6-12(8-25-15)28-16-9-32(31-17(16)19(24)34)18-13(22)4-3-5-14(18)23/h3-9,28H,1-2H3,(H2,24,34). The molecule has 0 spiro atoms. The van der Waals surface area contributed by atoms with Crippen molar-refractivity contribution < 1.29 is 4.79 Å². The average molecular weight is 495 g/mol. The number of amides is 1. The van der Waals surface area contributed by atoms with Crippen molar-refractivity contribution in [2.75, 3.05) is 5.32 Å². The number of hydrogen-bond donors (Lipinski definition) is 2. The summed E-state index contributed by atoms with van der Waals surface area (Å²) in [5, 5.41) is 16.4. The molecule has 13 heteroatoms. The predicted octanol–water partition coefficient (Wildman–Crippen LogP) is 3.53. The molecule has 1 aromatic carbocycles. The third kappa shape index (κ3) is 3.80. The second-order valence-corrected chi connectivity index (χ2v) is 8.12. The summed E-state index contributed by atoms with van der Waals surface area (Å²) in [4.78, 5) is 25.1. The van der Waals surface area contributed by atoms with Gasteiger partial charge in [0.15, 0.2) is 11.5 Å². The van der Waals surface area contributed by atoms with E-state index in [2.05, 4.69) is 35.6 Å². The number of fused-ring (bicyclic) bond motifs is 1. The number of hydrogen-bond acceptors (Lipinski definition) is 8. The van der Waals surface area contributed by atoms with Crippen LogP contribution in [0.25, 0.3) is 23.0 Å². The highest BCUT2D eigenvalue weighted by Crippen LogP contribution is 2.30. The summed E-state index contributed by atoms with van der Waals surface area (Å²) >= 11 is 12.6. The Morgan fingerprint density at radius 3 is 2.50 bits per heavy atom. The fourth-order valence-electron chi connectivity index (χ4n) is 3.49. The molecule has 0 fully saturated rings. The number of anilines is 2. The number of nitrogens with two attached hydrogens (primary N) is 1. The maximum Gasteiger partial charge on any atom is 0.271 e. The fraction of sp³-hybridized carbons (Fsp3) is 0.0952. The van der Waals surface area contributed by atoms with E-state index in [0.717, 1.165) is 0 Å². The first-order valence-electron chi connectivity index (χ1n) is 9.95. The van der Waals surface area contributed by atoms with Gasteiger partial charge in [-0.25, -0.2) is 14.1 Å². The molecule has 0 atom stereocenters. The number of nitrogens with zero attached hydrogens (tertiary/aromatic N) is 8. The Morgan fingerprint density at radius 2 is 1.82 bits per heavy atom. The van der Waals surface area contributed by atoms with E-state index in [0.29, 0.717) is 56.1 Å². The highest BCUT2D eigenvalue weighted by Gasteiger charge is 2.19. The molecule has 5 aromatic rings. The first kappa shape index (κ1) is 21.7. The monoisotopic (exact) mass is 494 g/mol. The number of carbonyl (C=O) groups is 1. The molecule has 34 heavy (non-hydrogen) atoms. The zero-order valence-electron chi connectivity index (χ0n) is 17.9. The van der Waals surface area contributed by atoms with Gasteiger partial charge in [-0.2, -0.15) is 10.1 Å². The summed E-state index contributed by atoms with van der Waals surface area (Å²) in [6, 6.07) is 8.60. The summed E-state index contributed by atoms with van der Waals surface area (Å²) in [6.07, 6.45) is 3.17. The van der Waals surface area contributed by atoms with Crippen molar-refractivity contribution in [3.05, 3.63) is 70.1 Å². The number of para-hydroxylation sites is 1. The number of aryl methyl sites for hydroxylation is 2. The number of primary amides is 1. The number of benzene rings is 1. The van der Waals surface area contributed by atoms with Gasteiger partial charge in [-0.3, -0.25) is 9.78 Å². The van der Waals surface area contributed by atoms with Crippen molar-refractivity contribution in [3.8, 4) is 17.2 Å². The first-order valence-corrected chi connectivity index (χ1v) is 10.7. The molecule has 0 aliphatic carbocycles. The minimum absolute atomic E-state index is 0.0201. The average Bonchev–Trinajstić information content (AvgIpc) is 3.39. The second-order valence-electron chi connectivity index (χ2n) is 7.30. The summed E-state index contributed by atoms with van der Waals surface area (Å²) in [6.45, 7) is 3.64. The van der Waals surface area contributed by atoms with Gasteiger partial charge in [0.05, 0.1) is 33.8 Å². The zero-order chi connectivity index (χ0) is 24.0. The minimum Gasteiger partial charge on any atom is -0.364 e. The number of rotatable bonds is 5. The van der Waals surface area contributed by atoms with Gasteiger partial charge in [0, 0.05) is 0 Å². The predicted molar refractivity (Wildman–Crippen MR) is 127 cm³/mol. The zero-order valence-corrected chi connectivity index (χ0v) is 19.4. The van der Waals surface area contributed by atoms with Crippen LogP contribution in [0.5, 0.6) is 0 Å². The van der Waals surface area contributed by atoms with Crippen molar-refractivity contribution in [2.45, 2.75) is 13.8 Å². The van der Waals surface area contributed by atoms with E-state index in [1.807, 2.05) is 6.92 Å². The van der Waals surface area contributed by atoms with Gasteiger partial charge < -0.3 is 11.1 Å². The normalized spacial score (nSPS) is 11.2. The van der Waals surface area contributed by atoms with Gasteiger partial charge in [-0.05, 0) is 38.1 Å². The molecule has 3 N–H and O–H groups in total. The van der Waals surface area contributed by atoms with Gasteiger partial charge in [0.1, 0.15) is 23.0 Å². The largest absolute Gasteiger partial charge is 0.364 e. The van der Waals surface area contributed by atoms with Gasteiger partial charge in [-0.15, -0.1) is 10.2 Å². The van der Waals surface area contributed by atoms with Crippen LogP contribution >= 0.6 is 23.2 Å². The van der Waals surface area contributed by atoms with Gasteiger partial charge in [-0.1, -0.05) is 29.3 Å². The maximum absolute atomic E-state index is 12.0. The third-order valence-electron chi connectivity index (χ3n) is 4.94. The Labute approximate surface area is 202 Å². The second kappa shape index (κ2) is 8.36. The van der Waals surface area contributed by atoms with Gasteiger partial charge in [0.25, 0.3) is 11.7 Å². The Bertz CT molecular complexity index is 1540. The fourth-order valence-corrected chi connectivity index (χ4v) is 4.06. The molecule has 11 nitrogen and oxygen atoms in total. The molecular weight excluding hydrogens is 479 g/mol. The summed E-state index contributed by atoms with van der Waals surface area (Å²) in [5.41, 5.74) is 7.52. The van der Waals surface area contributed by atoms with Crippen molar-refractivity contribution in [1.29, 1.82) is 0 Å². The topological polar surface area (TPSA) is 142 Å². The van der Waals surface area contributed by atoms with Crippen LogP contribution < -0.4 is 11.1 Å². The molecule has 5 rings (SSSR count). The molecule has 0 unspecified atom stereocenters. The number of nitrogens with one attached hydrogen (secondary N) is 1. The number of aromatic nitrogens is 8. The number of pyridine rings is 1.